The van der Waals surface area contributed by atoms with Crippen molar-refractivity contribution in [3.8, 4) is 0 Å². The molecule has 2 rings (SSSR count). The summed E-state index contributed by atoms with van der Waals surface area (Å²) in [4.78, 5) is 16.6. The Morgan fingerprint density at radius 3 is 3.00 bits per heavy atom. The number of hydrogen-bond acceptors (Lipinski definition) is 6. The van der Waals surface area contributed by atoms with Gasteiger partial charge in [-0.25, -0.2) is 4.98 Å². The number of carbonyl (C=O) groups excluding carboxylic acids is 1. The summed E-state index contributed by atoms with van der Waals surface area (Å²) >= 11 is 1.26. The third-order valence-corrected chi connectivity index (χ3v) is 3.65. The van der Waals surface area contributed by atoms with Crippen LogP contribution in [0, 0.1) is 0 Å². The van der Waals surface area contributed by atoms with E-state index in [1.807, 2.05) is 26.2 Å². The van der Waals surface area contributed by atoms with E-state index < -0.39 is 0 Å². The second-order valence-corrected chi connectivity index (χ2v) is 5.25. The standard InChI is InChI=1S/C12H18N6OS/c1-3-14-12-16-10(13)9(20-12)11(19)15-6-4-8-5-7-18(2)17-8/h5,7H,3-4,6,13H2,1-2H3,(H,14,16)(H,15,19). The molecule has 2 aromatic heterocycles. The molecule has 4 N–H and O–H groups in total. The van der Waals surface area contributed by atoms with Crippen LogP contribution >= 0.6 is 11.3 Å². The first kappa shape index (κ1) is 14.3. The van der Waals surface area contributed by atoms with Crippen LogP contribution in [-0.4, -0.2) is 33.8 Å². The van der Waals surface area contributed by atoms with E-state index in [0.29, 0.717) is 23.0 Å². The van der Waals surface area contributed by atoms with Gasteiger partial charge in [0.1, 0.15) is 10.7 Å². The summed E-state index contributed by atoms with van der Waals surface area (Å²) < 4.78 is 1.74. The van der Waals surface area contributed by atoms with E-state index in [1.54, 1.807) is 4.68 Å². The highest BCUT2D eigenvalue weighted by atomic mass is 32.1. The number of hydrogen-bond donors (Lipinski definition) is 3. The minimum Gasteiger partial charge on any atom is -0.382 e. The highest BCUT2D eigenvalue weighted by Crippen LogP contribution is 2.24. The molecule has 0 saturated heterocycles. The van der Waals surface area contributed by atoms with Crippen LogP contribution in [0.15, 0.2) is 12.3 Å². The predicted octanol–water partition coefficient (Wildman–Crippen LogP) is 0.863. The van der Waals surface area contributed by atoms with Crippen LogP contribution in [0.3, 0.4) is 0 Å². The molecule has 0 aliphatic carbocycles. The van der Waals surface area contributed by atoms with Gasteiger partial charge in [0.15, 0.2) is 5.13 Å². The molecule has 0 saturated carbocycles. The summed E-state index contributed by atoms with van der Waals surface area (Å²) in [5.41, 5.74) is 6.68. The number of thiazole rings is 1. The number of amides is 1. The summed E-state index contributed by atoms with van der Waals surface area (Å²) in [6, 6.07) is 1.93. The van der Waals surface area contributed by atoms with Crippen molar-refractivity contribution in [3.63, 3.8) is 0 Å². The minimum absolute atomic E-state index is 0.194. The van der Waals surface area contributed by atoms with Crippen molar-refractivity contribution in [1.82, 2.24) is 20.1 Å². The number of carbonyl (C=O) groups is 1. The van der Waals surface area contributed by atoms with Crippen molar-refractivity contribution in [1.29, 1.82) is 0 Å². The maximum absolute atomic E-state index is 12.0. The summed E-state index contributed by atoms with van der Waals surface area (Å²) in [6.07, 6.45) is 2.56. The van der Waals surface area contributed by atoms with E-state index in [4.69, 9.17) is 5.73 Å². The van der Waals surface area contributed by atoms with Crippen molar-refractivity contribution in [3.05, 3.63) is 22.8 Å². The maximum atomic E-state index is 12.0. The molecule has 0 spiro atoms. The van der Waals surface area contributed by atoms with Gasteiger partial charge in [0.25, 0.3) is 5.91 Å². The molecule has 0 radical (unpaired) electrons. The summed E-state index contributed by atoms with van der Waals surface area (Å²) in [5.74, 6) is 0.0707. The first-order valence-electron chi connectivity index (χ1n) is 6.37. The van der Waals surface area contributed by atoms with E-state index in [9.17, 15) is 4.79 Å². The lowest BCUT2D eigenvalue weighted by molar-refractivity contribution is 0.0959. The summed E-state index contributed by atoms with van der Waals surface area (Å²) in [5, 5.41) is 10.8. The topological polar surface area (TPSA) is 97.9 Å². The van der Waals surface area contributed by atoms with Crippen molar-refractivity contribution in [2.24, 2.45) is 7.05 Å². The molecule has 108 valence electrons. The van der Waals surface area contributed by atoms with Crippen LogP contribution < -0.4 is 16.4 Å². The average Bonchev–Trinajstić information content (AvgIpc) is 2.96. The monoisotopic (exact) mass is 294 g/mol. The molecule has 0 atom stereocenters. The zero-order chi connectivity index (χ0) is 14.5. The third-order valence-electron chi connectivity index (χ3n) is 2.62. The second kappa shape index (κ2) is 6.38. The first-order valence-corrected chi connectivity index (χ1v) is 7.18. The quantitative estimate of drug-likeness (QED) is 0.734. The third kappa shape index (κ3) is 3.47. The van der Waals surface area contributed by atoms with Crippen molar-refractivity contribution >= 4 is 28.2 Å². The van der Waals surface area contributed by atoms with Gasteiger partial charge in [-0.3, -0.25) is 9.48 Å². The fraction of sp³-hybridized carbons (Fsp3) is 0.417. The highest BCUT2D eigenvalue weighted by molar-refractivity contribution is 7.18. The second-order valence-electron chi connectivity index (χ2n) is 4.25. The number of rotatable bonds is 6. The molecule has 20 heavy (non-hydrogen) atoms. The number of nitrogen functional groups attached to an aromatic ring is 1. The lowest BCUT2D eigenvalue weighted by Crippen LogP contribution is -2.25. The molecule has 8 heteroatoms. The molecule has 2 heterocycles. The van der Waals surface area contributed by atoms with Crippen LogP contribution in [0.5, 0.6) is 0 Å². The van der Waals surface area contributed by atoms with Crippen molar-refractivity contribution in [2.75, 3.05) is 24.1 Å². The van der Waals surface area contributed by atoms with E-state index in [1.165, 1.54) is 11.3 Å². The molecule has 7 nitrogen and oxygen atoms in total. The van der Waals surface area contributed by atoms with Crippen LogP contribution in [0.4, 0.5) is 10.9 Å². The van der Waals surface area contributed by atoms with Gasteiger partial charge in [-0.1, -0.05) is 11.3 Å². The van der Waals surface area contributed by atoms with Crippen LogP contribution in [0.1, 0.15) is 22.3 Å². The molecular formula is C12H18N6OS. The lowest BCUT2D eigenvalue weighted by Gasteiger charge is -2.02. The molecule has 0 fully saturated rings. The molecular weight excluding hydrogens is 276 g/mol. The molecule has 0 aliphatic heterocycles. The minimum atomic E-state index is -0.194. The number of aryl methyl sites for hydroxylation is 1. The first-order chi connectivity index (χ1) is 9.60. The zero-order valence-corrected chi connectivity index (χ0v) is 12.3. The van der Waals surface area contributed by atoms with Gasteiger partial charge >= 0.3 is 0 Å². The summed E-state index contributed by atoms with van der Waals surface area (Å²) in [7, 11) is 1.86. The van der Waals surface area contributed by atoms with Gasteiger partial charge in [-0.2, -0.15) is 5.10 Å². The van der Waals surface area contributed by atoms with Crippen LogP contribution in [0.2, 0.25) is 0 Å². The molecule has 0 aliphatic rings. The van der Waals surface area contributed by atoms with E-state index in [2.05, 4.69) is 20.7 Å². The largest absolute Gasteiger partial charge is 0.382 e. The Morgan fingerprint density at radius 2 is 2.35 bits per heavy atom. The Morgan fingerprint density at radius 1 is 1.55 bits per heavy atom. The number of anilines is 2. The fourth-order valence-electron chi connectivity index (χ4n) is 1.70. The Balaban J connectivity index is 1.88. The Bertz CT molecular complexity index is 591. The van der Waals surface area contributed by atoms with E-state index in [-0.39, 0.29) is 11.7 Å². The van der Waals surface area contributed by atoms with Crippen LogP contribution in [0.25, 0.3) is 0 Å². The maximum Gasteiger partial charge on any atom is 0.265 e. The molecule has 0 aromatic carbocycles. The number of nitrogens with zero attached hydrogens (tertiary/aromatic N) is 3. The number of nitrogens with one attached hydrogen (secondary N) is 2. The number of nitrogens with two attached hydrogens (primary N) is 1. The van der Waals surface area contributed by atoms with Gasteiger partial charge in [0.05, 0.1) is 5.69 Å². The smallest absolute Gasteiger partial charge is 0.265 e. The Labute approximate surface area is 121 Å². The molecule has 1 amide bonds. The predicted molar refractivity (Wildman–Crippen MR) is 79.9 cm³/mol. The molecule has 0 bridgehead atoms. The Hall–Kier alpha value is -2.09. The van der Waals surface area contributed by atoms with Gasteiger partial charge in [-0.05, 0) is 13.0 Å². The summed E-state index contributed by atoms with van der Waals surface area (Å²) in [6.45, 7) is 3.22. The highest BCUT2D eigenvalue weighted by Gasteiger charge is 2.15. The zero-order valence-electron chi connectivity index (χ0n) is 11.5. The van der Waals surface area contributed by atoms with Gasteiger partial charge in [0, 0.05) is 32.8 Å². The lowest BCUT2D eigenvalue weighted by atomic mass is 10.3. The van der Waals surface area contributed by atoms with Crippen molar-refractivity contribution < 1.29 is 4.79 Å². The Kier molecular flexibility index (Phi) is 4.57. The van der Waals surface area contributed by atoms with Gasteiger partial charge < -0.3 is 16.4 Å². The SMILES string of the molecule is CCNc1nc(N)c(C(=O)NCCc2ccn(C)n2)s1. The van der Waals surface area contributed by atoms with Crippen molar-refractivity contribution in [2.45, 2.75) is 13.3 Å². The molecule has 0 unspecified atom stereocenters. The van der Waals surface area contributed by atoms with E-state index >= 15 is 0 Å². The van der Waals surface area contributed by atoms with Gasteiger partial charge in [0.2, 0.25) is 0 Å². The number of aromatic nitrogens is 3. The normalized spacial score (nSPS) is 10.5. The van der Waals surface area contributed by atoms with E-state index in [0.717, 1.165) is 12.2 Å². The van der Waals surface area contributed by atoms with Gasteiger partial charge in [-0.15, -0.1) is 0 Å². The van der Waals surface area contributed by atoms with Crippen LogP contribution in [-0.2, 0) is 13.5 Å². The molecule has 2 aromatic rings. The average molecular weight is 294 g/mol. The fourth-order valence-corrected chi connectivity index (χ4v) is 2.57.